The van der Waals surface area contributed by atoms with Crippen LogP contribution in [0.5, 0.6) is 0 Å². The van der Waals surface area contributed by atoms with Crippen molar-refractivity contribution in [2.45, 2.75) is 51.3 Å². The molecular formula is C21H29NO5S2. The van der Waals surface area contributed by atoms with Crippen molar-refractivity contribution < 1.29 is 21.0 Å². The maximum atomic E-state index is 13.0. The average molecular weight is 440 g/mol. The molecule has 6 nitrogen and oxygen atoms in total. The molecule has 0 saturated heterocycles. The highest BCUT2D eigenvalue weighted by Crippen LogP contribution is 2.26. The maximum Gasteiger partial charge on any atom is 0.297 e. The Labute approximate surface area is 174 Å². The Kier molecular flexibility index (Phi) is 6.94. The highest BCUT2D eigenvalue weighted by Gasteiger charge is 2.26. The quantitative estimate of drug-likeness (QED) is 0.616. The number of rotatable bonds is 7. The average Bonchev–Trinajstić information content (AvgIpc) is 2.51. The van der Waals surface area contributed by atoms with E-state index in [1.807, 2.05) is 26.0 Å². The summed E-state index contributed by atoms with van der Waals surface area (Å²) in [6.07, 6.45) is 0. The van der Waals surface area contributed by atoms with Crippen LogP contribution in [0.25, 0.3) is 0 Å². The van der Waals surface area contributed by atoms with E-state index in [0.717, 1.165) is 15.4 Å². The van der Waals surface area contributed by atoms with Gasteiger partial charge < -0.3 is 0 Å². The van der Waals surface area contributed by atoms with Crippen molar-refractivity contribution in [2.24, 2.45) is 0 Å². The zero-order chi connectivity index (χ0) is 22.1. The largest absolute Gasteiger partial charge is 0.297 e. The van der Waals surface area contributed by atoms with E-state index in [9.17, 15) is 16.8 Å². The monoisotopic (exact) mass is 439 g/mol. The van der Waals surface area contributed by atoms with Gasteiger partial charge in [0, 0.05) is 13.6 Å². The van der Waals surface area contributed by atoms with E-state index in [1.54, 1.807) is 39.8 Å². The molecule has 0 radical (unpaired) electrons. The summed E-state index contributed by atoms with van der Waals surface area (Å²) in [5, 5.41) is 0. The first-order valence-electron chi connectivity index (χ1n) is 9.29. The number of likely N-dealkylation sites (N-methyl/N-ethyl adjacent to an activating group) is 1. The number of nitrogens with zero attached hydrogens (tertiary/aromatic N) is 1. The fraction of sp³-hybridized carbons (Fsp3) is 0.429. The minimum absolute atomic E-state index is 0.0850. The van der Waals surface area contributed by atoms with E-state index >= 15 is 0 Å². The highest BCUT2D eigenvalue weighted by atomic mass is 32.2. The standard InChI is InChI=1S/C21H29NO5S2/c1-14-10-16(3)20(17(4)11-14)28(23,24)22(7)8-9-27-29(25,26)21-18(5)12-15(2)13-19(21)6/h10-13H,8-9H2,1-7H3. The van der Waals surface area contributed by atoms with Gasteiger partial charge in [-0.2, -0.15) is 12.7 Å². The summed E-state index contributed by atoms with van der Waals surface area (Å²) in [6, 6.07) is 7.20. The Balaban J connectivity index is 2.18. The van der Waals surface area contributed by atoms with Gasteiger partial charge in [-0.1, -0.05) is 35.4 Å². The molecule has 0 atom stereocenters. The minimum Gasteiger partial charge on any atom is -0.265 e. The van der Waals surface area contributed by atoms with Gasteiger partial charge in [0.1, 0.15) is 0 Å². The third kappa shape index (κ3) is 5.06. The van der Waals surface area contributed by atoms with Crippen LogP contribution in [0.3, 0.4) is 0 Å². The minimum atomic E-state index is -3.99. The van der Waals surface area contributed by atoms with Gasteiger partial charge in [0.05, 0.1) is 16.4 Å². The molecule has 0 N–H and O–H groups in total. The van der Waals surface area contributed by atoms with Gasteiger partial charge in [-0.3, -0.25) is 4.18 Å². The second kappa shape index (κ2) is 8.55. The summed E-state index contributed by atoms with van der Waals surface area (Å²) in [5.41, 5.74) is 4.49. The molecule has 0 fully saturated rings. The van der Waals surface area contributed by atoms with Crippen LogP contribution in [0.2, 0.25) is 0 Å². The van der Waals surface area contributed by atoms with Crippen molar-refractivity contribution in [3.8, 4) is 0 Å². The van der Waals surface area contributed by atoms with E-state index in [1.165, 1.54) is 7.05 Å². The first-order valence-corrected chi connectivity index (χ1v) is 12.1. The van der Waals surface area contributed by atoms with Crippen molar-refractivity contribution in [1.29, 1.82) is 0 Å². The van der Waals surface area contributed by atoms with Crippen LogP contribution in [0.1, 0.15) is 33.4 Å². The molecule has 0 bridgehead atoms. The van der Waals surface area contributed by atoms with Crippen LogP contribution in [-0.4, -0.2) is 41.3 Å². The fourth-order valence-electron chi connectivity index (χ4n) is 3.75. The van der Waals surface area contributed by atoms with Crippen molar-refractivity contribution in [3.05, 3.63) is 57.6 Å². The molecule has 0 aliphatic heterocycles. The first kappa shape index (κ1) is 23.5. The van der Waals surface area contributed by atoms with Crippen LogP contribution in [0.15, 0.2) is 34.1 Å². The predicted molar refractivity (Wildman–Crippen MR) is 114 cm³/mol. The lowest BCUT2D eigenvalue weighted by molar-refractivity contribution is 0.289. The summed E-state index contributed by atoms with van der Waals surface area (Å²) in [7, 11) is -6.33. The van der Waals surface area contributed by atoms with E-state index < -0.39 is 20.1 Å². The molecule has 0 aliphatic rings. The third-order valence-corrected chi connectivity index (χ3v) is 8.56. The third-order valence-electron chi connectivity index (χ3n) is 4.77. The smallest absolute Gasteiger partial charge is 0.265 e. The molecule has 0 heterocycles. The van der Waals surface area contributed by atoms with E-state index in [4.69, 9.17) is 4.18 Å². The molecule has 2 rings (SSSR count). The lowest BCUT2D eigenvalue weighted by Crippen LogP contribution is -2.32. The van der Waals surface area contributed by atoms with Gasteiger partial charge in [-0.25, -0.2) is 8.42 Å². The summed E-state index contributed by atoms with van der Waals surface area (Å²) >= 11 is 0. The van der Waals surface area contributed by atoms with Crippen LogP contribution in [0, 0.1) is 41.5 Å². The van der Waals surface area contributed by atoms with Crippen molar-refractivity contribution in [2.75, 3.05) is 20.2 Å². The molecule has 160 valence electrons. The molecule has 0 aromatic heterocycles. The van der Waals surface area contributed by atoms with Gasteiger partial charge in [-0.15, -0.1) is 0 Å². The van der Waals surface area contributed by atoms with E-state index in [-0.39, 0.29) is 22.9 Å². The molecular weight excluding hydrogens is 410 g/mol. The van der Waals surface area contributed by atoms with Gasteiger partial charge in [0.15, 0.2) is 0 Å². The number of hydrogen-bond acceptors (Lipinski definition) is 5. The SMILES string of the molecule is Cc1cc(C)c(S(=O)(=O)OCCN(C)S(=O)(=O)c2c(C)cc(C)cc2C)c(C)c1. The lowest BCUT2D eigenvalue weighted by atomic mass is 10.1. The van der Waals surface area contributed by atoms with Crippen LogP contribution < -0.4 is 0 Å². The summed E-state index contributed by atoms with van der Waals surface area (Å²) in [4.78, 5) is 0.387. The van der Waals surface area contributed by atoms with Crippen LogP contribution in [0.4, 0.5) is 0 Å². The molecule has 0 saturated carbocycles. The topological polar surface area (TPSA) is 80.8 Å². The predicted octanol–water partition coefficient (Wildman–Crippen LogP) is 3.56. The Hall–Kier alpha value is -1.74. The molecule has 2 aromatic carbocycles. The molecule has 0 spiro atoms. The summed E-state index contributed by atoms with van der Waals surface area (Å²) < 4.78 is 57.5. The van der Waals surface area contributed by atoms with Crippen LogP contribution in [-0.2, 0) is 24.3 Å². The number of sulfonamides is 1. The molecule has 2 aromatic rings. The Bertz CT molecular complexity index is 1090. The van der Waals surface area contributed by atoms with Gasteiger partial charge in [0.2, 0.25) is 10.0 Å². The Morgan fingerprint density at radius 1 is 0.724 bits per heavy atom. The van der Waals surface area contributed by atoms with Crippen molar-refractivity contribution in [1.82, 2.24) is 4.31 Å². The fourth-order valence-corrected chi connectivity index (χ4v) is 6.62. The molecule has 29 heavy (non-hydrogen) atoms. The van der Waals surface area contributed by atoms with Gasteiger partial charge in [0.25, 0.3) is 10.1 Å². The summed E-state index contributed by atoms with van der Waals surface area (Å²) in [6.45, 7) is 10.4. The first-order chi connectivity index (χ1) is 13.3. The Morgan fingerprint density at radius 3 is 1.52 bits per heavy atom. The molecule has 0 amide bonds. The summed E-state index contributed by atoms with van der Waals surface area (Å²) in [5.74, 6) is 0. The Morgan fingerprint density at radius 2 is 1.10 bits per heavy atom. The zero-order valence-electron chi connectivity index (χ0n) is 18.0. The number of hydrogen-bond donors (Lipinski definition) is 0. The van der Waals surface area contributed by atoms with Gasteiger partial charge in [-0.05, 0) is 63.8 Å². The van der Waals surface area contributed by atoms with E-state index in [0.29, 0.717) is 22.3 Å². The second-order valence-electron chi connectivity index (χ2n) is 7.56. The maximum absolute atomic E-state index is 13.0. The van der Waals surface area contributed by atoms with Crippen molar-refractivity contribution >= 4 is 20.1 Å². The number of aryl methyl sites for hydroxylation is 6. The van der Waals surface area contributed by atoms with Gasteiger partial charge >= 0.3 is 0 Å². The van der Waals surface area contributed by atoms with Crippen LogP contribution >= 0.6 is 0 Å². The van der Waals surface area contributed by atoms with E-state index in [2.05, 4.69) is 0 Å². The normalized spacial score (nSPS) is 12.6. The number of benzene rings is 2. The second-order valence-corrected chi connectivity index (χ2v) is 11.1. The zero-order valence-corrected chi connectivity index (χ0v) is 19.7. The highest BCUT2D eigenvalue weighted by molar-refractivity contribution is 7.89. The van der Waals surface area contributed by atoms with Crippen molar-refractivity contribution in [3.63, 3.8) is 0 Å². The molecule has 0 aliphatic carbocycles. The lowest BCUT2D eigenvalue weighted by Gasteiger charge is -2.20. The molecule has 8 heteroatoms. The molecule has 0 unspecified atom stereocenters.